The molecule has 0 bridgehead atoms. The Bertz CT molecular complexity index is 228. The fraction of sp³-hybridized carbons (Fsp3) is 0.750. The highest BCUT2D eigenvalue weighted by Crippen LogP contribution is 2.24. The zero-order valence-electron chi connectivity index (χ0n) is 8.15. The summed E-state index contributed by atoms with van der Waals surface area (Å²) in [6.07, 6.45) is 3.81. The van der Waals surface area contributed by atoms with Crippen LogP contribution in [0, 0.1) is 0 Å². The monoisotopic (exact) mass is 215 g/mol. The molecule has 0 amide bonds. The Hall–Kier alpha value is -0.910. The lowest BCUT2D eigenvalue weighted by atomic mass is 10.2. The molecule has 1 unspecified atom stereocenters. The van der Waals surface area contributed by atoms with Crippen LogP contribution in [0.5, 0.6) is 0 Å². The van der Waals surface area contributed by atoms with Gasteiger partial charge in [0.1, 0.15) is 0 Å². The van der Waals surface area contributed by atoms with E-state index < -0.39 is 0 Å². The first-order valence-electron chi connectivity index (χ1n) is 4.69. The van der Waals surface area contributed by atoms with Gasteiger partial charge in [-0.3, -0.25) is 4.99 Å². The van der Waals surface area contributed by atoms with Crippen LogP contribution in [0.4, 0.5) is 0 Å². The van der Waals surface area contributed by atoms with E-state index in [1.54, 1.807) is 0 Å². The molecule has 1 saturated heterocycles. The van der Waals surface area contributed by atoms with Crippen molar-refractivity contribution in [3.8, 4) is 0 Å². The minimum absolute atomic E-state index is 0.0393. The number of guanidine groups is 2. The number of aliphatic imine (C=N–C) groups is 2. The van der Waals surface area contributed by atoms with Crippen molar-refractivity contribution in [3.63, 3.8) is 0 Å². The summed E-state index contributed by atoms with van der Waals surface area (Å²) < 4.78 is 0. The Kier molecular flexibility index (Phi) is 4.58. The van der Waals surface area contributed by atoms with E-state index in [1.807, 2.05) is 11.8 Å². The SMILES string of the molecule is NC(N)=NC(N)=NCC1CCCCS1. The summed E-state index contributed by atoms with van der Waals surface area (Å²) in [5.41, 5.74) is 15.8. The van der Waals surface area contributed by atoms with E-state index in [4.69, 9.17) is 17.2 Å². The lowest BCUT2D eigenvalue weighted by molar-refractivity contribution is 0.668. The molecule has 1 aliphatic rings. The molecule has 14 heavy (non-hydrogen) atoms. The van der Waals surface area contributed by atoms with Gasteiger partial charge in [-0.25, -0.2) is 0 Å². The maximum atomic E-state index is 5.49. The molecule has 6 N–H and O–H groups in total. The molecule has 1 heterocycles. The molecule has 1 rings (SSSR count). The van der Waals surface area contributed by atoms with E-state index in [1.165, 1.54) is 25.0 Å². The Balaban J connectivity index is 2.33. The van der Waals surface area contributed by atoms with Crippen LogP contribution in [0.25, 0.3) is 0 Å². The van der Waals surface area contributed by atoms with Crippen LogP contribution >= 0.6 is 11.8 Å². The number of hydrogen-bond acceptors (Lipinski definition) is 2. The van der Waals surface area contributed by atoms with Crippen molar-refractivity contribution in [2.75, 3.05) is 12.3 Å². The van der Waals surface area contributed by atoms with E-state index >= 15 is 0 Å². The predicted octanol–water partition coefficient (Wildman–Crippen LogP) is -0.140. The maximum absolute atomic E-state index is 5.49. The summed E-state index contributed by atoms with van der Waals surface area (Å²) in [6.45, 7) is 0.716. The molecular formula is C8H17N5S. The van der Waals surface area contributed by atoms with Crippen LogP contribution in [-0.2, 0) is 0 Å². The fourth-order valence-corrected chi connectivity index (χ4v) is 2.53. The van der Waals surface area contributed by atoms with Gasteiger partial charge in [0.05, 0.1) is 6.54 Å². The first-order valence-corrected chi connectivity index (χ1v) is 5.74. The minimum Gasteiger partial charge on any atom is -0.370 e. The Labute approximate surface area is 88.2 Å². The largest absolute Gasteiger partial charge is 0.370 e. The normalized spacial score (nSPS) is 23.1. The van der Waals surface area contributed by atoms with E-state index in [0.29, 0.717) is 11.8 Å². The first-order chi connectivity index (χ1) is 6.68. The van der Waals surface area contributed by atoms with E-state index in [9.17, 15) is 0 Å². The third-order valence-corrected chi connectivity index (χ3v) is 3.36. The molecule has 0 aliphatic carbocycles. The van der Waals surface area contributed by atoms with Gasteiger partial charge in [0, 0.05) is 5.25 Å². The summed E-state index contributed by atoms with van der Waals surface area (Å²) in [6, 6.07) is 0. The highest BCUT2D eigenvalue weighted by atomic mass is 32.2. The van der Waals surface area contributed by atoms with Crippen LogP contribution < -0.4 is 17.2 Å². The van der Waals surface area contributed by atoms with Crippen molar-refractivity contribution in [1.29, 1.82) is 0 Å². The van der Waals surface area contributed by atoms with Gasteiger partial charge in [-0.05, 0) is 18.6 Å². The molecule has 0 aromatic heterocycles. The zero-order valence-corrected chi connectivity index (χ0v) is 8.96. The summed E-state index contributed by atoms with van der Waals surface area (Å²) in [5, 5.41) is 0.580. The van der Waals surface area contributed by atoms with Gasteiger partial charge in [-0.15, -0.1) is 0 Å². The average molecular weight is 215 g/mol. The standard InChI is InChI=1S/C8H17N5S/c9-7(10)13-8(11)12-5-6-3-1-2-4-14-6/h6H,1-5H2,(H6,9,10,11,12,13). The molecule has 1 fully saturated rings. The molecule has 80 valence electrons. The second-order valence-electron chi connectivity index (χ2n) is 3.22. The Morgan fingerprint density at radius 3 is 2.64 bits per heavy atom. The van der Waals surface area contributed by atoms with Gasteiger partial charge in [0.25, 0.3) is 0 Å². The molecule has 1 atom stereocenters. The highest BCUT2D eigenvalue weighted by molar-refractivity contribution is 7.99. The van der Waals surface area contributed by atoms with Crippen LogP contribution in [-0.4, -0.2) is 29.5 Å². The van der Waals surface area contributed by atoms with Crippen LogP contribution in [0.2, 0.25) is 0 Å². The first kappa shape index (κ1) is 11.2. The van der Waals surface area contributed by atoms with Crippen molar-refractivity contribution in [1.82, 2.24) is 0 Å². The lowest BCUT2D eigenvalue weighted by Crippen LogP contribution is -2.27. The summed E-state index contributed by atoms with van der Waals surface area (Å²) in [5.74, 6) is 1.36. The van der Waals surface area contributed by atoms with Crippen molar-refractivity contribution >= 4 is 23.7 Å². The number of hydrogen-bond donors (Lipinski definition) is 3. The van der Waals surface area contributed by atoms with Gasteiger partial charge in [-0.1, -0.05) is 6.42 Å². The third-order valence-electron chi connectivity index (χ3n) is 1.97. The summed E-state index contributed by atoms with van der Waals surface area (Å²) in [4.78, 5) is 7.77. The average Bonchev–Trinajstić information content (AvgIpc) is 2.15. The van der Waals surface area contributed by atoms with Crippen molar-refractivity contribution in [2.24, 2.45) is 27.2 Å². The third kappa shape index (κ3) is 4.36. The number of rotatable bonds is 2. The van der Waals surface area contributed by atoms with Crippen molar-refractivity contribution in [2.45, 2.75) is 24.5 Å². The summed E-state index contributed by atoms with van der Waals surface area (Å²) >= 11 is 1.95. The van der Waals surface area contributed by atoms with Gasteiger partial charge >= 0.3 is 0 Å². The second kappa shape index (κ2) is 5.74. The Morgan fingerprint density at radius 2 is 2.07 bits per heavy atom. The van der Waals surface area contributed by atoms with Crippen LogP contribution in [0.15, 0.2) is 9.98 Å². The molecule has 0 aromatic carbocycles. The minimum atomic E-state index is -0.0393. The molecule has 0 spiro atoms. The molecule has 0 aromatic rings. The van der Waals surface area contributed by atoms with E-state index in [2.05, 4.69) is 9.98 Å². The Morgan fingerprint density at radius 1 is 1.29 bits per heavy atom. The van der Waals surface area contributed by atoms with E-state index in [0.717, 1.165) is 0 Å². The molecule has 5 nitrogen and oxygen atoms in total. The van der Waals surface area contributed by atoms with Crippen molar-refractivity contribution in [3.05, 3.63) is 0 Å². The van der Waals surface area contributed by atoms with Crippen LogP contribution in [0.3, 0.4) is 0 Å². The topological polar surface area (TPSA) is 103 Å². The number of thioether (sulfide) groups is 1. The quantitative estimate of drug-likeness (QED) is 0.440. The van der Waals surface area contributed by atoms with E-state index in [-0.39, 0.29) is 11.9 Å². The fourth-order valence-electron chi connectivity index (χ4n) is 1.31. The van der Waals surface area contributed by atoms with Gasteiger partial charge in [0.2, 0.25) is 5.96 Å². The second-order valence-corrected chi connectivity index (χ2v) is 4.63. The van der Waals surface area contributed by atoms with Crippen molar-refractivity contribution < 1.29 is 0 Å². The molecular weight excluding hydrogens is 198 g/mol. The van der Waals surface area contributed by atoms with Gasteiger partial charge in [0.15, 0.2) is 5.96 Å². The maximum Gasteiger partial charge on any atom is 0.218 e. The number of nitrogens with zero attached hydrogens (tertiary/aromatic N) is 2. The molecule has 0 radical (unpaired) electrons. The number of nitrogens with two attached hydrogens (primary N) is 3. The molecule has 6 heteroatoms. The summed E-state index contributed by atoms with van der Waals surface area (Å²) in [7, 11) is 0. The van der Waals surface area contributed by atoms with Crippen LogP contribution in [0.1, 0.15) is 19.3 Å². The lowest BCUT2D eigenvalue weighted by Gasteiger charge is -2.18. The van der Waals surface area contributed by atoms with Gasteiger partial charge in [-0.2, -0.15) is 16.8 Å². The predicted molar refractivity (Wildman–Crippen MR) is 62.4 cm³/mol. The highest BCUT2D eigenvalue weighted by Gasteiger charge is 2.12. The van der Waals surface area contributed by atoms with Gasteiger partial charge < -0.3 is 17.2 Å². The smallest absolute Gasteiger partial charge is 0.218 e. The zero-order chi connectivity index (χ0) is 10.4. The molecule has 0 saturated carbocycles. The molecule has 1 aliphatic heterocycles.